The van der Waals surface area contributed by atoms with Crippen LogP contribution in [0.3, 0.4) is 0 Å². The van der Waals surface area contributed by atoms with Crippen LogP contribution in [0.2, 0.25) is 0 Å². The van der Waals surface area contributed by atoms with Crippen molar-refractivity contribution in [3.8, 4) is 0 Å². The number of carbonyl (C=O) groups excluding carboxylic acids is 2. The minimum Gasteiger partial charge on any atom is -0.469 e. The van der Waals surface area contributed by atoms with Crippen molar-refractivity contribution in [1.82, 2.24) is 4.90 Å². The van der Waals surface area contributed by atoms with Gasteiger partial charge in [0.2, 0.25) is 6.41 Å². The molecule has 1 aliphatic heterocycles. The van der Waals surface area contributed by atoms with Gasteiger partial charge in [0.15, 0.2) is 0 Å². The molecule has 0 aromatic rings. The summed E-state index contributed by atoms with van der Waals surface area (Å²) in [5.41, 5.74) is 0. The Bertz CT molecular complexity index is 193. The Hall–Kier alpha value is -1.06. The maximum Gasteiger partial charge on any atom is 0.310 e. The molecule has 4 heteroatoms. The monoisotopic (exact) mass is 171 g/mol. The molecular weight excluding hydrogens is 158 g/mol. The van der Waals surface area contributed by atoms with Gasteiger partial charge in [0.05, 0.1) is 13.0 Å². The molecule has 68 valence electrons. The number of likely N-dealkylation sites (tertiary alicyclic amines) is 1. The summed E-state index contributed by atoms with van der Waals surface area (Å²) < 4.78 is 4.62. The molecule has 0 bridgehead atoms. The Kier molecular flexibility index (Phi) is 2.68. The third-order valence-electron chi connectivity index (χ3n) is 2.29. The van der Waals surface area contributed by atoms with Gasteiger partial charge < -0.3 is 9.64 Å². The summed E-state index contributed by atoms with van der Waals surface area (Å²) >= 11 is 0. The Morgan fingerprint density at radius 2 is 2.25 bits per heavy atom. The van der Waals surface area contributed by atoms with Gasteiger partial charge in [0.1, 0.15) is 0 Å². The molecule has 1 fully saturated rings. The summed E-state index contributed by atoms with van der Waals surface area (Å²) in [5.74, 6) is -0.144. The number of methoxy groups -OCH3 is 1. The van der Waals surface area contributed by atoms with E-state index < -0.39 is 0 Å². The van der Waals surface area contributed by atoms with E-state index >= 15 is 0 Å². The number of nitrogens with zero attached hydrogens (tertiary/aromatic N) is 1. The molecule has 0 spiro atoms. The Labute approximate surface area is 71.5 Å². The SMILES string of the molecule is COC(=O)C1CN(C=O)CC1C. The largest absolute Gasteiger partial charge is 0.469 e. The molecule has 1 aliphatic rings. The zero-order valence-corrected chi connectivity index (χ0v) is 7.32. The molecule has 0 aromatic heterocycles. The third-order valence-corrected chi connectivity index (χ3v) is 2.29. The Morgan fingerprint density at radius 1 is 1.58 bits per heavy atom. The van der Waals surface area contributed by atoms with E-state index in [1.807, 2.05) is 6.92 Å². The van der Waals surface area contributed by atoms with Gasteiger partial charge in [-0.2, -0.15) is 0 Å². The molecule has 0 aromatic carbocycles. The number of rotatable bonds is 2. The van der Waals surface area contributed by atoms with Gasteiger partial charge in [0.25, 0.3) is 0 Å². The Morgan fingerprint density at radius 3 is 2.67 bits per heavy atom. The lowest BCUT2D eigenvalue weighted by Crippen LogP contribution is -2.23. The predicted molar refractivity (Wildman–Crippen MR) is 42.3 cm³/mol. The van der Waals surface area contributed by atoms with Crippen LogP contribution in [-0.2, 0) is 14.3 Å². The molecule has 4 nitrogen and oxygen atoms in total. The lowest BCUT2D eigenvalue weighted by atomic mass is 9.99. The summed E-state index contributed by atoms with van der Waals surface area (Å²) in [7, 11) is 1.37. The van der Waals surface area contributed by atoms with Crippen molar-refractivity contribution in [2.75, 3.05) is 20.2 Å². The highest BCUT2D eigenvalue weighted by molar-refractivity contribution is 5.74. The summed E-state index contributed by atoms with van der Waals surface area (Å²) in [4.78, 5) is 23.1. The van der Waals surface area contributed by atoms with Gasteiger partial charge in [-0.05, 0) is 5.92 Å². The fourth-order valence-electron chi connectivity index (χ4n) is 1.55. The molecule has 1 amide bonds. The summed E-state index contributed by atoms with van der Waals surface area (Å²) in [6.07, 6.45) is 0.777. The molecule has 0 N–H and O–H groups in total. The molecule has 1 heterocycles. The molecule has 0 radical (unpaired) electrons. The number of hydrogen-bond acceptors (Lipinski definition) is 3. The van der Waals surface area contributed by atoms with E-state index in [1.165, 1.54) is 7.11 Å². The first-order valence-electron chi connectivity index (χ1n) is 3.96. The maximum absolute atomic E-state index is 11.1. The summed E-state index contributed by atoms with van der Waals surface area (Å²) in [5, 5.41) is 0. The average Bonchev–Trinajstić information content (AvgIpc) is 2.45. The predicted octanol–water partition coefficient (Wildman–Crippen LogP) is -0.116. The lowest BCUT2D eigenvalue weighted by Gasteiger charge is -2.09. The molecule has 0 saturated carbocycles. The zero-order chi connectivity index (χ0) is 9.14. The van der Waals surface area contributed by atoms with Crippen LogP contribution in [0.25, 0.3) is 0 Å². The lowest BCUT2D eigenvalue weighted by molar-refractivity contribution is -0.146. The van der Waals surface area contributed by atoms with E-state index in [0.29, 0.717) is 13.1 Å². The topological polar surface area (TPSA) is 46.6 Å². The van der Waals surface area contributed by atoms with E-state index in [9.17, 15) is 9.59 Å². The fourth-order valence-corrected chi connectivity index (χ4v) is 1.55. The first kappa shape index (κ1) is 9.03. The number of ether oxygens (including phenoxy) is 1. The van der Waals surface area contributed by atoms with E-state index in [4.69, 9.17) is 0 Å². The molecule has 1 saturated heterocycles. The number of esters is 1. The van der Waals surface area contributed by atoms with Crippen LogP contribution in [0.15, 0.2) is 0 Å². The first-order valence-corrected chi connectivity index (χ1v) is 3.96. The second kappa shape index (κ2) is 3.56. The summed E-state index contributed by atoms with van der Waals surface area (Å²) in [6.45, 7) is 3.10. The third kappa shape index (κ3) is 1.57. The van der Waals surface area contributed by atoms with Crippen LogP contribution in [0.4, 0.5) is 0 Å². The minimum absolute atomic E-state index is 0.139. The molecular formula is C8H13NO3. The number of hydrogen-bond donors (Lipinski definition) is 0. The van der Waals surface area contributed by atoms with Gasteiger partial charge in [-0.15, -0.1) is 0 Å². The standard InChI is InChI=1S/C8H13NO3/c1-6-3-9(5-10)4-7(6)8(11)12-2/h5-7H,3-4H2,1-2H3. The van der Waals surface area contributed by atoms with Crippen LogP contribution in [0.1, 0.15) is 6.92 Å². The van der Waals surface area contributed by atoms with E-state index in [2.05, 4.69) is 4.74 Å². The normalized spacial score (nSPS) is 28.7. The van der Waals surface area contributed by atoms with Crippen LogP contribution < -0.4 is 0 Å². The van der Waals surface area contributed by atoms with Crippen molar-refractivity contribution in [3.63, 3.8) is 0 Å². The fraction of sp³-hybridized carbons (Fsp3) is 0.750. The minimum atomic E-state index is -0.216. The van der Waals surface area contributed by atoms with E-state index in [-0.39, 0.29) is 17.8 Å². The smallest absolute Gasteiger partial charge is 0.310 e. The van der Waals surface area contributed by atoms with Crippen molar-refractivity contribution in [3.05, 3.63) is 0 Å². The van der Waals surface area contributed by atoms with Gasteiger partial charge in [0, 0.05) is 13.1 Å². The second-order valence-corrected chi connectivity index (χ2v) is 3.17. The van der Waals surface area contributed by atoms with Crippen molar-refractivity contribution < 1.29 is 14.3 Å². The second-order valence-electron chi connectivity index (χ2n) is 3.17. The first-order chi connectivity index (χ1) is 5.69. The van der Waals surface area contributed by atoms with Gasteiger partial charge >= 0.3 is 5.97 Å². The van der Waals surface area contributed by atoms with Crippen molar-refractivity contribution in [1.29, 1.82) is 0 Å². The van der Waals surface area contributed by atoms with E-state index in [1.54, 1.807) is 4.90 Å². The van der Waals surface area contributed by atoms with Crippen LogP contribution in [0.5, 0.6) is 0 Å². The number of carbonyl (C=O) groups is 2. The average molecular weight is 171 g/mol. The van der Waals surface area contributed by atoms with Crippen molar-refractivity contribution in [2.45, 2.75) is 6.92 Å². The quantitative estimate of drug-likeness (QED) is 0.430. The highest BCUT2D eigenvalue weighted by Gasteiger charge is 2.34. The molecule has 12 heavy (non-hydrogen) atoms. The van der Waals surface area contributed by atoms with Gasteiger partial charge in [-0.3, -0.25) is 9.59 Å². The molecule has 0 aliphatic carbocycles. The van der Waals surface area contributed by atoms with Gasteiger partial charge in [-0.25, -0.2) is 0 Å². The molecule has 1 rings (SSSR count). The summed E-state index contributed by atoms with van der Waals surface area (Å²) in [6, 6.07) is 0. The Balaban J connectivity index is 2.57. The maximum atomic E-state index is 11.1. The van der Waals surface area contributed by atoms with Crippen molar-refractivity contribution >= 4 is 12.4 Å². The molecule has 2 atom stereocenters. The van der Waals surface area contributed by atoms with E-state index in [0.717, 1.165) is 6.41 Å². The highest BCUT2D eigenvalue weighted by Crippen LogP contribution is 2.22. The van der Waals surface area contributed by atoms with Crippen LogP contribution >= 0.6 is 0 Å². The van der Waals surface area contributed by atoms with Gasteiger partial charge in [-0.1, -0.05) is 6.92 Å². The van der Waals surface area contributed by atoms with Crippen LogP contribution in [0, 0.1) is 11.8 Å². The molecule has 2 unspecified atom stereocenters. The number of amides is 1. The van der Waals surface area contributed by atoms with Crippen LogP contribution in [-0.4, -0.2) is 37.5 Å². The van der Waals surface area contributed by atoms with Crippen molar-refractivity contribution in [2.24, 2.45) is 11.8 Å². The highest BCUT2D eigenvalue weighted by atomic mass is 16.5. The zero-order valence-electron chi connectivity index (χ0n) is 7.32.